The molecule has 0 radical (unpaired) electrons. The van der Waals surface area contributed by atoms with Gasteiger partial charge in [0.1, 0.15) is 19.3 Å². The Morgan fingerprint density at radius 2 is 0.915 bits per heavy atom. The number of hydrogen-bond acceptors (Lipinski definition) is 7. The van der Waals surface area contributed by atoms with Crippen molar-refractivity contribution in [3.05, 3.63) is 97.2 Å². The molecule has 0 saturated carbocycles. The van der Waals surface area contributed by atoms with Gasteiger partial charge in [-0.25, -0.2) is 0 Å². The fourth-order valence-electron chi connectivity index (χ4n) is 7.60. The summed E-state index contributed by atoms with van der Waals surface area (Å²) in [5.41, 5.74) is 0. The Kier molecular flexibility index (Phi) is 48.3. The Labute approximate surface area is 437 Å². The van der Waals surface area contributed by atoms with Crippen LogP contribution >= 0.6 is 7.82 Å². The first kappa shape index (κ1) is 67.9. The number of amides is 1. The highest BCUT2D eigenvalue weighted by molar-refractivity contribution is 7.45. The van der Waals surface area contributed by atoms with Crippen molar-refractivity contribution in [1.82, 2.24) is 5.32 Å². The molecule has 0 aromatic heterocycles. The van der Waals surface area contributed by atoms with Crippen LogP contribution in [0.25, 0.3) is 0 Å². The molecule has 0 fully saturated rings. The van der Waals surface area contributed by atoms with Crippen LogP contribution in [-0.2, 0) is 27.9 Å². The predicted molar refractivity (Wildman–Crippen MR) is 302 cm³/mol. The van der Waals surface area contributed by atoms with Gasteiger partial charge in [0.05, 0.1) is 33.8 Å². The molecule has 0 rings (SSSR count). The zero-order valence-electron chi connectivity index (χ0n) is 46.4. The average molecular weight is 1010 g/mol. The standard InChI is InChI=1S/C61H107N2O7P/c1-7-10-13-16-19-22-25-27-28-29-30-31-32-33-34-36-38-41-44-47-50-53-60(64)62-58(57-69-71(66,67)68-56-55-63(4,5)6)59(52-49-46-43-40-37-24-21-18-15-12-9-3)70-61(65)54-51-48-45-42-39-35-26-23-20-17-14-11-8-2/h10,13,19,22,27-28,30-31,33-35,39,45,48-49,52,58-59H,7-9,11-12,14-18,20-21,23-26,29,32,36-38,40-44,46-47,50-51,53-57H2,1-6H3,(H-,62,64,66,67)/b13-10-,22-19-,28-27-,31-30-,34-33-,39-35-,48-45+,52-49-. The zero-order valence-corrected chi connectivity index (χ0v) is 47.3. The molecule has 10 heteroatoms. The highest BCUT2D eigenvalue weighted by Crippen LogP contribution is 2.38. The summed E-state index contributed by atoms with van der Waals surface area (Å²) in [5.74, 6) is -0.649. The van der Waals surface area contributed by atoms with Crippen molar-refractivity contribution in [1.29, 1.82) is 0 Å². The van der Waals surface area contributed by atoms with Crippen LogP contribution in [0.3, 0.4) is 0 Å². The summed E-state index contributed by atoms with van der Waals surface area (Å²) in [4.78, 5) is 39.8. The zero-order chi connectivity index (χ0) is 52.2. The van der Waals surface area contributed by atoms with Gasteiger partial charge >= 0.3 is 5.97 Å². The van der Waals surface area contributed by atoms with Crippen LogP contribution in [0.5, 0.6) is 0 Å². The van der Waals surface area contributed by atoms with Crippen molar-refractivity contribution in [3.8, 4) is 0 Å². The van der Waals surface area contributed by atoms with E-state index in [4.69, 9.17) is 13.8 Å². The Bertz CT molecular complexity index is 1540. The van der Waals surface area contributed by atoms with E-state index in [0.29, 0.717) is 23.9 Å². The second kappa shape index (κ2) is 50.5. The summed E-state index contributed by atoms with van der Waals surface area (Å²) in [6.07, 6.45) is 66.7. The van der Waals surface area contributed by atoms with Gasteiger partial charge in [0.15, 0.2) is 0 Å². The fourth-order valence-corrected chi connectivity index (χ4v) is 8.32. The lowest BCUT2D eigenvalue weighted by Gasteiger charge is -2.30. The highest BCUT2D eigenvalue weighted by atomic mass is 31.2. The van der Waals surface area contributed by atoms with Crippen LogP contribution in [-0.4, -0.2) is 69.4 Å². The topological polar surface area (TPSA) is 114 Å². The lowest BCUT2D eigenvalue weighted by molar-refractivity contribution is -0.870. The number of ether oxygens (including phenoxy) is 1. The van der Waals surface area contributed by atoms with E-state index in [0.717, 1.165) is 96.3 Å². The first-order valence-corrected chi connectivity index (χ1v) is 30.0. The molecule has 0 aromatic rings. The summed E-state index contributed by atoms with van der Waals surface area (Å²) >= 11 is 0. The maximum absolute atomic E-state index is 13.5. The molecule has 0 bridgehead atoms. The van der Waals surface area contributed by atoms with Crippen molar-refractivity contribution in [2.24, 2.45) is 0 Å². The first-order valence-electron chi connectivity index (χ1n) is 28.5. The highest BCUT2D eigenvalue weighted by Gasteiger charge is 2.27. The largest absolute Gasteiger partial charge is 0.756 e. The minimum atomic E-state index is -4.71. The van der Waals surface area contributed by atoms with E-state index in [-0.39, 0.29) is 25.4 Å². The molecule has 3 unspecified atom stereocenters. The number of nitrogens with one attached hydrogen (secondary N) is 1. The van der Waals surface area contributed by atoms with Crippen molar-refractivity contribution >= 4 is 19.7 Å². The summed E-state index contributed by atoms with van der Waals surface area (Å²) in [6.45, 7) is 6.64. The molecule has 9 nitrogen and oxygen atoms in total. The molecule has 71 heavy (non-hydrogen) atoms. The fraction of sp³-hybridized carbons (Fsp3) is 0.705. The van der Waals surface area contributed by atoms with Crippen molar-refractivity contribution in [2.45, 2.75) is 238 Å². The molecule has 0 saturated heterocycles. The maximum atomic E-state index is 13.5. The number of likely N-dealkylation sites (N-methyl/N-ethyl adjacent to an activating group) is 1. The van der Waals surface area contributed by atoms with E-state index >= 15 is 0 Å². The molecular formula is C61H107N2O7P. The third-order valence-electron chi connectivity index (χ3n) is 12.0. The molecule has 1 amide bonds. The third-order valence-corrected chi connectivity index (χ3v) is 13.0. The number of phosphoric acid groups is 1. The number of unbranched alkanes of at least 4 members (excludes halogenated alkanes) is 20. The van der Waals surface area contributed by atoms with Crippen LogP contribution in [0, 0.1) is 0 Å². The maximum Gasteiger partial charge on any atom is 0.306 e. The van der Waals surface area contributed by atoms with Gasteiger partial charge in [-0.05, 0) is 96.0 Å². The normalized spacial score (nSPS) is 14.5. The Balaban J connectivity index is 5.38. The summed E-state index contributed by atoms with van der Waals surface area (Å²) in [6, 6.07) is -0.925. The van der Waals surface area contributed by atoms with Crippen LogP contribution in [0.4, 0.5) is 0 Å². The van der Waals surface area contributed by atoms with Crippen LogP contribution in [0.1, 0.15) is 226 Å². The third kappa shape index (κ3) is 51.6. The number of hydrogen-bond donors (Lipinski definition) is 1. The van der Waals surface area contributed by atoms with E-state index in [2.05, 4.69) is 105 Å². The number of phosphoric ester groups is 1. The van der Waals surface area contributed by atoms with Gasteiger partial charge in [0.25, 0.3) is 7.82 Å². The van der Waals surface area contributed by atoms with Gasteiger partial charge in [0.2, 0.25) is 5.91 Å². The van der Waals surface area contributed by atoms with Crippen LogP contribution < -0.4 is 10.2 Å². The number of esters is 1. The molecule has 0 heterocycles. The molecule has 1 N–H and O–H groups in total. The van der Waals surface area contributed by atoms with Gasteiger partial charge in [0, 0.05) is 12.8 Å². The van der Waals surface area contributed by atoms with Gasteiger partial charge in [-0.3, -0.25) is 14.2 Å². The van der Waals surface area contributed by atoms with Gasteiger partial charge in [-0.2, -0.15) is 0 Å². The minimum Gasteiger partial charge on any atom is -0.756 e. The molecule has 0 aromatic carbocycles. The number of carbonyl (C=O) groups excluding carboxylic acids is 2. The first-order chi connectivity index (χ1) is 34.4. The summed E-state index contributed by atoms with van der Waals surface area (Å²) < 4.78 is 30.1. The Morgan fingerprint density at radius 3 is 1.38 bits per heavy atom. The number of allylic oxidation sites excluding steroid dienone is 15. The second-order valence-electron chi connectivity index (χ2n) is 20.1. The SMILES string of the molecule is CC/C=C\C/C=C\C/C=C\C/C=C\C/C=C\CCCCCCCC(=O)NC(COP(=O)([O-])OCC[N+](C)(C)C)C(/C=C\CCCCCCCCCCC)OC(=O)CC/C=C/C/C=C\CCCCCCCC. The van der Waals surface area contributed by atoms with Gasteiger partial charge in [-0.15, -0.1) is 0 Å². The Hall–Kier alpha value is -3.07. The molecular weight excluding hydrogens is 904 g/mol. The van der Waals surface area contributed by atoms with Crippen LogP contribution in [0.2, 0.25) is 0 Å². The van der Waals surface area contributed by atoms with Crippen molar-refractivity contribution in [3.63, 3.8) is 0 Å². The summed E-state index contributed by atoms with van der Waals surface area (Å²) in [5, 5.41) is 2.99. The molecule has 0 aliphatic heterocycles. The molecule has 3 atom stereocenters. The smallest absolute Gasteiger partial charge is 0.306 e. The van der Waals surface area contributed by atoms with E-state index in [1.165, 1.54) is 83.5 Å². The second-order valence-corrected chi connectivity index (χ2v) is 21.5. The van der Waals surface area contributed by atoms with Gasteiger partial charge < -0.3 is 28.5 Å². The molecule has 0 aliphatic carbocycles. The quantitative estimate of drug-likeness (QED) is 0.0212. The van der Waals surface area contributed by atoms with E-state index < -0.39 is 32.5 Å². The van der Waals surface area contributed by atoms with Crippen molar-refractivity contribution < 1.29 is 37.3 Å². The number of carbonyl (C=O) groups is 2. The molecule has 408 valence electrons. The number of rotatable bonds is 50. The average Bonchev–Trinajstić information content (AvgIpc) is 3.33. The lowest BCUT2D eigenvalue weighted by Crippen LogP contribution is -2.47. The monoisotopic (exact) mass is 1010 g/mol. The van der Waals surface area contributed by atoms with E-state index in [1.807, 2.05) is 33.3 Å². The van der Waals surface area contributed by atoms with Crippen LogP contribution in [0.15, 0.2) is 97.2 Å². The number of nitrogens with zero attached hydrogens (tertiary/aromatic N) is 1. The predicted octanol–water partition coefficient (Wildman–Crippen LogP) is 16.6. The number of quaternary nitrogens is 1. The molecule has 0 aliphatic rings. The minimum absolute atomic E-state index is 0.0386. The van der Waals surface area contributed by atoms with Gasteiger partial charge in [-0.1, -0.05) is 215 Å². The molecule has 0 spiro atoms. The van der Waals surface area contributed by atoms with Crippen molar-refractivity contribution in [2.75, 3.05) is 40.9 Å². The van der Waals surface area contributed by atoms with E-state index in [1.54, 1.807) is 6.08 Å². The van der Waals surface area contributed by atoms with E-state index in [9.17, 15) is 19.0 Å². The lowest BCUT2D eigenvalue weighted by atomic mass is 10.1. The Morgan fingerprint density at radius 1 is 0.507 bits per heavy atom. The summed E-state index contributed by atoms with van der Waals surface area (Å²) in [7, 11) is 1.13.